The van der Waals surface area contributed by atoms with Crippen LogP contribution in [0, 0.1) is 0 Å². The van der Waals surface area contributed by atoms with E-state index >= 15 is 0 Å². The van der Waals surface area contributed by atoms with Crippen molar-refractivity contribution in [1.82, 2.24) is 5.32 Å². The lowest BCUT2D eigenvalue weighted by Crippen LogP contribution is -2.24. The third-order valence-corrected chi connectivity index (χ3v) is 4.81. The van der Waals surface area contributed by atoms with Gasteiger partial charge in [-0.05, 0) is 55.7 Å². The van der Waals surface area contributed by atoms with Crippen molar-refractivity contribution in [3.63, 3.8) is 0 Å². The van der Waals surface area contributed by atoms with Crippen molar-refractivity contribution < 1.29 is 14.2 Å². The fraction of sp³-hybridized carbons (Fsp3) is 0.429. The molecule has 2 aliphatic heterocycles. The second kappa shape index (κ2) is 6.26. The predicted octanol–water partition coefficient (Wildman–Crippen LogP) is 4.02. The van der Waals surface area contributed by atoms with Gasteiger partial charge in [0.2, 0.25) is 0 Å². The van der Waals surface area contributed by atoms with Crippen LogP contribution in [0.15, 0.2) is 36.4 Å². The van der Waals surface area contributed by atoms with Gasteiger partial charge in [-0.3, -0.25) is 0 Å². The van der Waals surface area contributed by atoms with Gasteiger partial charge in [-0.2, -0.15) is 0 Å². The third kappa shape index (κ3) is 3.45. The van der Waals surface area contributed by atoms with Crippen LogP contribution in [0.2, 0.25) is 0 Å². The van der Waals surface area contributed by atoms with Crippen LogP contribution in [0.4, 0.5) is 0 Å². The summed E-state index contributed by atoms with van der Waals surface area (Å²) in [6.45, 7) is 8.50. The molecule has 1 unspecified atom stereocenters. The molecule has 25 heavy (non-hydrogen) atoms. The first-order valence-electron chi connectivity index (χ1n) is 8.94. The number of fused-ring (bicyclic) bond motifs is 2. The third-order valence-electron chi connectivity index (χ3n) is 4.81. The van der Waals surface area contributed by atoms with Gasteiger partial charge >= 0.3 is 0 Å². The molecule has 132 valence electrons. The number of rotatable bonds is 4. The van der Waals surface area contributed by atoms with Crippen molar-refractivity contribution in [3.8, 4) is 17.2 Å². The highest BCUT2D eigenvalue weighted by atomic mass is 16.6. The van der Waals surface area contributed by atoms with Crippen LogP contribution in [0.5, 0.6) is 17.2 Å². The molecule has 4 rings (SSSR count). The number of nitrogens with one attached hydrogen (secondary N) is 1. The fourth-order valence-electron chi connectivity index (χ4n) is 3.49. The minimum absolute atomic E-state index is 0.0904. The molecule has 2 aliphatic rings. The van der Waals surface area contributed by atoms with Crippen LogP contribution in [0.1, 0.15) is 43.5 Å². The molecule has 0 fully saturated rings. The summed E-state index contributed by atoms with van der Waals surface area (Å²) in [7, 11) is 0. The monoisotopic (exact) mass is 339 g/mol. The first-order valence-corrected chi connectivity index (χ1v) is 8.94. The quantitative estimate of drug-likeness (QED) is 0.913. The van der Waals surface area contributed by atoms with Gasteiger partial charge in [0.25, 0.3) is 0 Å². The Kier molecular flexibility index (Phi) is 4.08. The van der Waals surface area contributed by atoms with Crippen LogP contribution >= 0.6 is 0 Å². The lowest BCUT2D eigenvalue weighted by molar-refractivity contribution is 0.138. The zero-order valence-corrected chi connectivity index (χ0v) is 15.1. The molecule has 0 spiro atoms. The Balaban J connectivity index is 1.42. The summed E-state index contributed by atoms with van der Waals surface area (Å²) in [5, 5.41) is 3.60. The molecular weight excluding hydrogens is 314 g/mol. The molecule has 0 bridgehead atoms. The summed E-state index contributed by atoms with van der Waals surface area (Å²) in [5.74, 6) is 2.70. The summed E-state index contributed by atoms with van der Waals surface area (Å²) in [6, 6.07) is 12.9. The molecule has 0 saturated heterocycles. The molecule has 0 aromatic heterocycles. The Hall–Kier alpha value is -2.20. The first-order chi connectivity index (χ1) is 12.0. The van der Waals surface area contributed by atoms with Gasteiger partial charge in [0, 0.05) is 19.0 Å². The summed E-state index contributed by atoms with van der Waals surface area (Å²) >= 11 is 0. The molecule has 2 aromatic carbocycles. The number of benzene rings is 2. The summed E-state index contributed by atoms with van der Waals surface area (Å²) < 4.78 is 17.2. The van der Waals surface area contributed by atoms with Gasteiger partial charge < -0.3 is 19.5 Å². The van der Waals surface area contributed by atoms with Gasteiger partial charge in [0.05, 0.1) is 0 Å². The normalized spacial score (nSPS) is 18.4. The van der Waals surface area contributed by atoms with Crippen LogP contribution in [-0.2, 0) is 13.0 Å². The summed E-state index contributed by atoms with van der Waals surface area (Å²) in [5.41, 5.74) is 3.70. The van der Waals surface area contributed by atoms with Gasteiger partial charge in [0.1, 0.15) is 24.6 Å². The van der Waals surface area contributed by atoms with E-state index in [0.29, 0.717) is 13.2 Å². The van der Waals surface area contributed by atoms with E-state index in [1.807, 2.05) is 6.07 Å². The molecule has 0 radical (unpaired) electrons. The Morgan fingerprint density at radius 1 is 1.00 bits per heavy atom. The maximum atomic E-state index is 5.95. The van der Waals surface area contributed by atoms with Crippen molar-refractivity contribution in [1.29, 1.82) is 0 Å². The fourth-order valence-corrected chi connectivity index (χ4v) is 3.49. The maximum absolute atomic E-state index is 5.95. The van der Waals surface area contributed by atoms with Gasteiger partial charge in [-0.15, -0.1) is 0 Å². The van der Waals surface area contributed by atoms with Crippen molar-refractivity contribution in [3.05, 3.63) is 53.1 Å². The molecule has 4 heteroatoms. The van der Waals surface area contributed by atoms with E-state index in [2.05, 4.69) is 56.4 Å². The Bertz CT molecular complexity index is 785. The van der Waals surface area contributed by atoms with E-state index in [4.69, 9.17) is 14.2 Å². The van der Waals surface area contributed by atoms with Crippen LogP contribution in [-0.4, -0.2) is 18.8 Å². The van der Waals surface area contributed by atoms with Gasteiger partial charge in [-0.25, -0.2) is 0 Å². The Labute approximate surface area is 149 Å². The minimum Gasteiger partial charge on any atom is -0.487 e. The summed E-state index contributed by atoms with van der Waals surface area (Å²) in [6.07, 6.45) is 0.966. The lowest BCUT2D eigenvalue weighted by atomic mass is 10.00. The molecule has 4 nitrogen and oxygen atoms in total. The lowest BCUT2D eigenvalue weighted by Gasteiger charge is -2.21. The molecule has 1 N–H and O–H groups in total. The number of hydrogen-bond donors (Lipinski definition) is 1. The molecule has 0 amide bonds. The van der Waals surface area contributed by atoms with E-state index in [9.17, 15) is 0 Å². The first kappa shape index (κ1) is 16.3. The topological polar surface area (TPSA) is 39.7 Å². The van der Waals surface area contributed by atoms with Gasteiger partial charge in [-0.1, -0.05) is 18.2 Å². The van der Waals surface area contributed by atoms with E-state index in [0.717, 1.165) is 30.2 Å². The average molecular weight is 339 g/mol. The number of ether oxygens (including phenoxy) is 3. The second-order valence-corrected chi connectivity index (χ2v) is 7.49. The van der Waals surface area contributed by atoms with E-state index in [1.54, 1.807) is 0 Å². The SMILES string of the molecule is CC(NCc1ccc2c(c1)CC(C)(C)O2)c1ccc2c(c1)OCCO2. The second-order valence-electron chi connectivity index (χ2n) is 7.49. The highest BCUT2D eigenvalue weighted by Crippen LogP contribution is 2.35. The Morgan fingerprint density at radius 2 is 1.76 bits per heavy atom. The Morgan fingerprint density at radius 3 is 2.60 bits per heavy atom. The predicted molar refractivity (Wildman–Crippen MR) is 97.5 cm³/mol. The largest absolute Gasteiger partial charge is 0.487 e. The highest BCUT2D eigenvalue weighted by Gasteiger charge is 2.29. The standard InChI is InChI=1S/C21H25NO3/c1-14(16-5-7-19-20(11-16)24-9-8-23-19)22-13-15-4-6-18-17(10-15)12-21(2,3)25-18/h4-7,10-11,14,22H,8-9,12-13H2,1-3H3. The molecular formula is C21H25NO3. The van der Waals surface area contributed by atoms with Crippen molar-refractivity contribution in [2.24, 2.45) is 0 Å². The van der Waals surface area contributed by atoms with E-state index in [-0.39, 0.29) is 11.6 Å². The van der Waals surface area contributed by atoms with Crippen molar-refractivity contribution in [2.75, 3.05) is 13.2 Å². The van der Waals surface area contributed by atoms with Crippen molar-refractivity contribution >= 4 is 0 Å². The smallest absolute Gasteiger partial charge is 0.161 e. The van der Waals surface area contributed by atoms with Crippen LogP contribution < -0.4 is 19.5 Å². The molecule has 2 aromatic rings. The number of hydrogen-bond acceptors (Lipinski definition) is 4. The minimum atomic E-state index is -0.0904. The summed E-state index contributed by atoms with van der Waals surface area (Å²) in [4.78, 5) is 0. The van der Waals surface area contributed by atoms with Gasteiger partial charge in [0.15, 0.2) is 11.5 Å². The van der Waals surface area contributed by atoms with Crippen molar-refractivity contribution in [2.45, 2.75) is 45.4 Å². The molecule has 0 saturated carbocycles. The molecule has 1 atom stereocenters. The van der Waals surface area contributed by atoms with E-state index < -0.39 is 0 Å². The maximum Gasteiger partial charge on any atom is 0.161 e. The van der Waals surface area contributed by atoms with Crippen LogP contribution in [0.25, 0.3) is 0 Å². The zero-order chi connectivity index (χ0) is 17.4. The van der Waals surface area contributed by atoms with Crippen LogP contribution in [0.3, 0.4) is 0 Å². The zero-order valence-electron chi connectivity index (χ0n) is 15.1. The van der Waals surface area contributed by atoms with E-state index in [1.165, 1.54) is 16.7 Å². The highest BCUT2D eigenvalue weighted by molar-refractivity contribution is 5.45. The average Bonchev–Trinajstić information content (AvgIpc) is 2.92. The molecule has 2 heterocycles. The molecule has 0 aliphatic carbocycles.